The molecule has 7 heteroatoms. The molecule has 0 radical (unpaired) electrons. The van der Waals surface area contributed by atoms with Crippen LogP contribution in [-0.2, 0) is 27.4 Å². The van der Waals surface area contributed by atoms with Crippen molar-refractivity contribution < 1.29 is 28.2 Å². The molecule has 1 saturated carbocycles. The molecule has 1 aliphatic rings. The van der Waals surface area contributed by atoms with E-state index in [-0.39, 0.29) is 18.2 Å². The van der Waals surface area contributed by atoms with Crippen molar-refractivity contribution in [2.24, 2.45) is 0 Å². The van der Waals surface area contributed by atoms with Gasteiger partial charge in [-0.05, 0) is 68.9 Å². The van der Waals surface area contributed by atoms with Gasteiger partial charge in [0, 0.05) is 5.56 Å². The van der Waals surface area contributed by atoms with Gasteiger partial charge in [0.1, 0.15) is 17.2 Å². The number of hydrogen-bond acceptors (Lipinski definition) is 7. The zero-order valence-corrected chi connectivity index (χ0v) is 20.8. The van der Waals surface area contributed by atoms with E-state index in [1.165, 1.54) is 7.11 Å². The third-order valence-corrected chi connectivity index (χ3v) is 6.47. The number of aromatic nitrogens is 1. The first-order valence-corrected chi connectivity index (χ1v) is 12.0. The number of nitrogens with zero attached hydrogens (tertiary/aromatic N) is 1. The van der Waals surface area contributed by atoms with Gasteiger partial charge in [-0.25, -0.2) is 9.78 Å². The molecule has 0 spiro atoms. The van der Waals surface area contributed by atoms with E-state index in [4.69, 9.17) is 23.4 Å². The van der Waals surface area contributed by atoms with Crippen molar-refractivity contribution in [3.8, 4) is 17.2 Å². The molecule has 186 valence electrons. The summed E-state index contributed by atoms with van der Waals surface area (Å²) in [5, 5.41) is 0. The summed E-state index contributed by atoms with van der Waals surface area (Å²) in [6.45, 7) is 4.57. The van der Waals surface area contributed by atoms with Crippen molar-refractivity contribution >= 4 is 5.97 Å². The molecule has 7 nitrogen and oxygen atoms in total. The van der Waals surface area contributed by atoms with Crippen LogP contribution >= 0.6 is 0 Å². The highest BCUT2D eigenvalue weighted by Crippen LogP contribution is 2.28. The smallest absolute Gasteiger partial charge is 0.338 e. The van der Waals surface area contributed by atoms with E-state index in [9.17, 15) is 4.79 Å². The lowest BCUT2D eigenvalue weighted by molar-refractivity contribution is -0.0564. The molecule has 0 saturated heterocycles. The largest absolute Gasteiger partial charge is 0.497 e. The predicted molar refractivity (Wildman–Crippen MR) is 131 cm³/mol. The Balaban J connectivity index is 1.33. The van der Waals surface area contributed by atoms with Gasteiger partial charge in [0.15, 0.2) is 0 Å². The second kappa shape index (κ2) is 11.5. The van der Waals surface area contributed by atoms with E-state index in [0.29, 0.717) is 24.7 Å². The summed E-state index contributed by atoms with van der Waals surface area (Å²) < 4.78 is 28.6. The monoisotopic (exact) mass is 479 g/mol. The fourth-order valence-electron chi connectivity index (χ4n) is 4.49. The second-order valence-electron chi connectivity index (χ2n) is 8.89. The lowest BCUT2D eigenvalue weighted by Crippen LogP contribution is -2.28. The van der Waals surface area contributed by atoms with Crippen LogP contribution in [0, 0.1) is 13.8 Å². The molecule has 1 aliphatic carbocycles. The maximum absolute atomic E-state index is 12.2. The Labute approximate surface area is 206 Å². The van der Waals surface area contributed by atoms with E-state index in [2.05, 4.69) is 4.98 Å². The van der Waals surface area contributed by atoms with Crippen LogP contribution in [0.25, 0.3) is 11.5 Å². The molecule has 35 heavy (non-hydrogen) atoms. The number of esters is 1. The average Bonchev–Trinajstić information content (AvgIpc) is 3.26. The van der Waals surface area contributed by atoms with Crippen LogP contribution in [0.15, 0.2) is 46.9 Å². The molecule has 2 atom stereocenters. The maximum Gasteiger partial charge on any atom is 0.338 e. The minimum absolute atomic E-state index is 0.0745. The Morgan fingerprint density at radius 3 is 2.51 bits per heavy atom. The van der Waals surface area contributed by atoms with Gasteiger partial charge >= 0.3 is 5.97 Å². The van der Waals surface area contributed by atoms with Gasteiger partial charge in [-0.15, -0.1) is 0 Å². The average molecular weight is 480 g/mol. The van der Waals surface area contributed by atoms with Crippen molar-refractivity contribution in [1.29, 1.82) is 0 Å². The van der Waals surface area contributed by atoms with Gasteiger partial charge in [0.25, 0.3) is 0 Å². The number of rotatable bonds is 9. The van der Waals surface area contributed by atoms with Crippen LogP contribution in [0.3, 0.4) is 0 Å². The molecule has 0 N–H and O–H groups in total. The van der Waals surface area contributed by atoms with Gasteiger partial charge in [-0.1, -0.05) is 24.3 Å². The molecule has 1 heterocycles. The first kappa shape index (κ1) is 24.9. The van der Waals surface area contributed by atoms with Crippen molar-refractivity contribution in [2.45, 2.75) is 65.0 Å². The van der Waals surface area contributed by atoms with Crippen molar-refractivity contribution in [1.82, 2.24) is 4.98 Å². The molecule has 0 aliphatic heterocycles. The summed E-state index contributed by atoms with van der Waals surface area (Å²) in [5.74, 6) is 1.74. The summed E-state index contributed by atoms with van der Waals surface area (Å²) in [6, 6.07) is 13.4. The Hall–Kier alpha value is -3.16. The van der Waals surface area contributed by atoms with Gasteiger partial charge in [0.05, 0.1) is 45.2 Å². The highest BCUT2D eigenvalue weighted by Gasteiger charge is 2.25. The number of carbonyl (C=O) groups excluding carboxylic acids is 1. The standard InChI is InChI=1S/C28H33NO6/c1-18-8-5-10-21(26(18)28(30)32-4)16-33-23-12-7-13-24(15-23)34-17-25-19(2)35-27(29-25)20-9-6-11-22(14-20)31-3/h5-6,8-11,14,23-24H,7,12-13,15-17H2,1-4H3/t23-,24+/m1/s1. The lowest BCUT2D eigenvalue weighted by atomic mass is 9.94. The highest BCUT2D eigenvalue weighted by atomic mass is 16.5. The van der Waals surface area contributed by atoms with Crippen LogP contribution in [0.5, 0.6) is 5.75 Å². The highest BCUT2D eigenvalue weighted by molar-refractivity contribution is 5.92. The number of aryl methyl sites for hydroxylation is 2. The fourth-order valence-corrected chi connectivity index (χ4v) is 4.49. The number of benzene rings is 2. The predicted octanol–water partition coefficient (Wildman–Crippen LogP) is 5.80. The van der Waals surface area contributed by atoms with Crippen molar-refractivity contribution in [3.63, 3.8) is 0 Å². The molecular formula is C28H33NO6. The summed E-state index contributed by atoms with van der Waals surface area (Å²) in [4.78, 5) is 16.9. The first-order valence-electron chi connectivity index (χ1n) is 12.0. The molecule has 0 amide bonds. The van der Waals surface area contributed by atoms with E-state index < -0.39 is 0 Å². The van der Waals surface area contributed by atoms with E-state index in [1.54, 1.807) is 7.11 Å². The Kier molecular flexibility index (Phi) is 8.21. The maximum atomic E-state index is 12.2. The topological polar surface area (TPSA) is 80.0 Å². The lowest BCUT2D eigenvalue weighted by Gasteiger charge is -2.29. The van der Waals surface area contributed by atoms with E-state index >= 15 is 0 Å². The Morgan fingerprint density at radius 2 is 1.77 bits per heavy atom. The quantitative estimate of drug-likeness (QED) is 0.359. The fraction of sp³-hybridized carbons (Fsp3) is 0.429. The third-order valence-electron chi connectivity index (χ3n) is 6.47. The molecular weight excluding hydrogens is 446 g/mol. The minimum Gasteiger partial charge on any atom is -0.497 e. The zero-order chi connectivity index (χ0) is 24.8. The van der Waals surface area contributed by atoms with Crippen LogP contribution in [0.1, 0.15) is 58.6 Å². The third kappa shape index (κ3) is 6.10. The number of ether oxygens (including phenoxy) is 4. The molecule has 1 fully saturated rings. The molecule has 2 aromatic carbocycles. The van der Waals surface area contributed by atoms with Crippen molar-refractivity contribution in [2.75, 3.05) is 14.2 Å². The number of methoxy groups -OCH3 is 2. The summed E-state index contributed by atoms with van der Waals surface area (Å²) in [5.41, 5.74) is 4.00. The van der Waals surface area contributed by atoms with E-state index in [1.807, 2.05) is 56.3 Å². The SMILES string of the molecule is COC(=O)c1c(C)cccc1CO[C@@H]1CCC[C@H](OCc2nc(-c3cccc(OC)c3)oc2C)C1. The molecule has 0 bridgehead atoms. The Bertz CT molecular complexity index is 1150. The molecule has 0 unspecified atom stereocenters. The normalized spacial score (nSPS) is 17.8. The molecule has 1 aromatic heterocycles. The molecule has 3 aromatic rings. The van der Waals surface area contributed by atoms with Gasteiger partial charge in [-0.3, -0.25) is 0 Å². The van der Waals surface area contributed by atoms with Crippen molar-refractivity contribution in [3.05, 3.63) is 70.6 Å². The minimum atomic E-state index is -0.331. The van der Waals surface area contributed by atoms with Crippen LogP contribution in [0.4, 0.5) is 0 Å². The summed E-state index contributed by atoms with van der Waals surface area (Å²) in [6.07, 6.45) is 3.95. The van der Waals surface area contributed by atoms with Gasteiger partial charge < -0.3 is 23.4 Å². The van der Waals surface area contributed by atoms with Crippen LogP contribution < -0.4 is 4.74 Å². The second-order valence-corrected chi connectivity index (χ2v) is 8.89. The van der Waals surface area contributed by atoms with Gasteiger partial charge in [-0.2, -0.15) is 0 Å². The van der Waals surface area contributed by atoms with E-state index in [0.717, 1.165) is 59.6 Å². The van der Waals surface area contributed by atoms with Crippen LogP contribution in [-0.4, -0.2) is 37.4 Å². The summed E-state index contributed by atoms with van der Waals surface area (Å²) >= 11 is 0. The number of oxazole rings is 1. The van der Waals surface area contributed by atoms with Crippen LogP contribution in [0.2, 0.25) is 0 Å². The Morgan fingerprint density at radius 1 is 1.03 bits per heavy atom. The molecule has 4 rings (SSSR count). The first-order chi connectivity index (χ1) is 17.0. The van der Waals surface area contributed by atoms with Gasteiger partial charge in [0.2, 0.25) is 5.89 Å². The summed E-state index contributed by atoms with van der Waals surface area (Å²) in [7, 11) is 3.04. The zero-order valence-electron chi connectivity index (χ0n) is 20.8. The number of hydrogen-bond donors (Lipinski definition) is 0. The number of carbonyl (C=O) groups is 1.